The van der Waals surface area contributed by atoms with Crippen molar-refractivity contribution in [1.29, 1.82) is 0 Å². The fraction of sp³-hybridized carbons (Fsp3) is 1.00. The Hall–Kier alpha value is 1.60. The molecule has 0 saturated heterocycles. The Labute approximate surface area is 222 Å². The van der Waals surface area contributed by atoms with Crippen LogP contribution in [-0.2, 0) is 4.74 Å². The second kappa shape index (κ2) is 26.6. The fourth-order valence-electron chi connectivity index (χ4n) is 3.74. The van der Waals surface area contributed by atoms with E-state index in [-0.39, 0.29) is 51.4 Å². The minimum atomic E-state index is 0. The molecule has 0 spiro atoms. The van der Waals surface area contributed by atoms with Gasteiger partial charge in [-0.2, -0.15) is 0 Å². The maximum atomic E-state index is 5.80. The molecule has 0 bridgehead atoms. The zero-order chi connectivity index (χ0) is 20.0. The Balaban J connectivity index is 0. The quantitative estimate of drug-likeness (QED) is 0.125. The van der Waals surface area contributed by atoms with Crippen LogP contribution in [0.5, 0.6) is 0 Å². The predicted molar refractivity (Wildman–Crippen MR) is 129 cm³/mol. The molecule has 0 unspecified atom stereocenters. The number of rotatable bonds is 22. The molecule has 0 rings (SSSR count). The molecule has 1 radical (unpaired) electrons. The SMILES string of the molecule is CC(C)CCCCCCCCCCOCCCCCCCCCCC(C)C.[K]. The van der Waals surface area contributed by atoms with E-state index < -0.39 is 0 Å². The summed E-state index contributed by atoms with van der Waals surface area (Å²) in [6.07, 6.45) is 25.3. The van der Waals surface area contributed by atoms with Crippen LogP contribution in [0.2, 0.25) is 0 Å². The Morgan fingerprint density at radius 2 is 0.643 bits per heavy atom. The molecule has 0 N–H and O–H groups in total. The van der Waals surface area contributed by atoms with Crippen LogP contribution >= 0.6 is 0 Å². The van der Waals surface area contributed by atoms with Crippen LogP contribution < -0.4 is 0 Å². The summed E-state index contributed by atoms with van der Waals surface area (Å²) >= 11 is 0. The molecule has 2 heteroatoms. The van der Waals surface area contributed by atoms with Crippen LogP contribution in [0.25, 0.3) is 0 Å². The second-order valence-corrected chi connectivity index (χ2v) is 9.63. The van der Waals surface area contributed by atoms with Crippen molar-refractivity contribution in [3.8, 4) is 0 Å². The molecule has 0 aromatic carbocycles. The monoisotopic (exact) mass is 421 g/mol. The van der Waals surface area contributed by atoms with Crippen LogP contribution in [0.4, 0.5) is 0 Å². The van der Waals surface area contributed by atoms with Gasteiger partial charge in [0.1, 0.15) is 0 Å². The molecule has 0 saturated carbocycles. The van der Waals surface area contributed by atoms with Gasteiger partial charge in [0.2, 0.25) is 0 Å². The minimum Gasteiger partial charge on any atom is -0.381 e. The van der Waals surface area contributed by atoms with Gasteiger partial charge in [-0.05, 0) is 24.7 Å². The molecule has 0 aliphatic carbocycles. The third kappa shape index (κ3) is 29.8. The molecule has 0 amide bonds. The molecule has 0 aromatic rings. The molecular weight excluding hydrogens is 367 g/mol. The smallest absolute Gasteiger partial charge is 0.0466 e. The Morgan fingerprint density at radius 1 is 0.393 bits per heavy atom. The van der Waals surface area contributed by atoms with Gasteiger partial charge >= 0.3 is 0 Å². The van der Waals surface area contributed by atoms with Crippen molar-refractivity contribution in [3.63, 3.8) is 0 Å². The molecule has 0 fully saturated rings. The fourth-order valence-corrected chi connectivity index (χ4v) is 3.74. The molecular formula is C26H54KO. The van der Waals surface area contributed by atoms with E-state index in [1.807, 2.05) is 0 Å². The zero-order valence-electron chi connectivity index (χ0n) is 20.7. The van der Waals surface area contributed by atoms with Crippen molar-refractivity contribution in [2.24, 2.45) is 11.8 Å². The van der Waals surface area contributed by atoms with Gasteiger partial charge in [0, 0.05) is 64.6 Å². The van der Waals surface area contributed by atoms with Crippen molar-refractivity contribution >= 4 is 51.4 Å². The van der Waals surface area contributed by atoms with Gasteiger partial charge in [0.15, 0.2) is 0 Å². The Bertz CT molecular complexity index is 239. The van der Waals surface area contributed by atoms with Crippen LogP contribution in [0, 0.1) is 11.8 Å². The average molecular weight is 422 g/mol. The maximum absolute atomic E-state index is 5.80. The van der Waals surface area contributed by atoms with Crippen LogP contribution in [-0.4, -0.2) is 64.6 Å². The first kappa shape index (κ1) is 31.8. The number of unbranched alkanes of at least 4 members (excludes halogenated alkanes) is 14. The summed E-state index contributed by atoms with van der Waals surface area (Å²) in [6, 6.07) is 0. The Morgan fingerprint density at radius 3 is 0.929 bits per heavy atom. The van der Waals surface area contributed by atoms with E-state index >= 15 is 0 Å². The first-order valence-corrected chi connectivity index (χ1v) is 12.7. The molecule has 0 aliphatic heterocycles. The van der Waals surface area contributed by atoms with E-state index in [4.69, 9.17) is 4.74 Å². The molecule has 1 nitrogen and oxygen atoms in total. The summed E-state index contributed by atoms with van der Waals surface area (Å²) in [7, 11) is 0. The maximum Gasteiger partial charge on any atom is 0.0466 e. The molecule has 0 atom stereocenters. The minimum absolute atomic E-state index is 0. The first-order chi connectivity index (χ1) is 13.1. The van der Waals surface area contributed by atoms with Gasteiger partial charge in [-0.25, -0.2) is 0 Å². The van der Waals surface area contributed by atoms with Crippen LogP contribution in [0.3, 0.4) is 0 Å². The van der Waals surface area contributed by atoms with E-state index in [0.29, 0.717) is 0 Å². The van der Waals surface area contributed by atoms with E-state index in [0.717, 1.165) is 25.0 Å². The van der Waals surface area contributed by atoms with E-state index in [1.54, 1.807) is 0 Å². The van der Waals surface area contributed by atoms with Crippen molar-refractivity contribution in [2.75, 3.05) is 13.2 Å². The molecule has 0 aliphatic rings. The van der Waals surface area contributed by atoms with E-state index in [1.165, 1.54) is 116 Å². The topological polar surface area (TPSA) is 9.23 Å². The normalized spacial score (nSPS) is 11.4. The summed E-state index contributed by atoms with van der Waals surface area (Å²) in [5.74, 6) is 1.77. The van der Waals surface area contributed by atoms with Crippen molar-refractivity contribution < 1.29 is 4.74 Å². The summed E-state index contributed by atoms with van der Waals surface area (Å²) in [4.78, 5) is 0. The third-order valence-electron chi connectivity index (χ3n) is 5.64. The van der Waals surface area contributed by atoms with Gasteiger partial charge in [-0.3, -0.25) is 0 Å². The first-order valence-electron chi connectivity index (χ1n) is 12.7. The molecule has 0 aromatic heterocycles. The zero-order valence-corrected chi connectivity index (χ0v) is 23.8. The van der Waals surface area contributed by atoms with Crippen LogP contribution in [0.1, 0.15) is 143 Å². The second-order valence-electron chi connectivity index (χ2n) is 9.63. The van der Waals surface area contributed by atoms with Gasteiger partial charge in [0.25, 0.3) is 0 Å². The molecule has 0 heterocycles. The number of hydrogen-bond acceptors (Lipinski definition) is 1. The van der Waals surface area contributed by atoms with Gasteiger partial charge in [0.05, 0.1) is 0 Å². The third-order valence-corrected chi connectivity index (χ3v) is 5.64. The van der Waals surface area contributed by atoms with Crippen LogP contribution in [0.15, 0.2) is 0 Å². The van der Waals surface area contributed by atoms with E-state index in [2.05, 4.69) is 27.7 Å². The Kier molecular flexibility index (Phi) is 30.2. The standard InChI is InChI=1S/C26H54O.K/c1-25(2)21-17-13-9-5-7-11-15-19-23-27-24-20-16-12-8-6-10-14-18-22-26(3)4;/h25-26H,5-24H2,1-4H3;. The van der Waals surface area contributed by atoms with E-state index in [9.17, 15) is 0 Å². The molecule has 165 valence electrons. The van der Waals surface area contributed by atoms with Crippen molar-refractivity contribution in [2.45, 2.75) is 143 Å². The summed E-state index contributed by atoms with van der Waals surface area (Å²) in [6.45, 7) is 11.3. The van der Waals surface area contributed by atoms with Gasteiger partial charge in [-0.1, -0.05) is 130 Å². The molecule has 28 heavy (non-hydrogen) atoms. The predicted octanol–water partition coefficient (Wildman–Crippen LogP) is 8.96. The van der Waals surface area contributed by atoms with Crippen molar-refractivity contribution in [3.05, 3.63) is 0 Å². The average Bonchev–Trinajstić information content (AvgIpc) is 2.62. The van der Waals surface area contributed by atoms with Gasteiger partial charge < -0.3 is 4.74 Å². The number of ether oxygens (including phenoxy) is 1. The van der Waals surface area contributed by atoms with Gasteiger partial charge in [-0.15, -0.1) is 0 Å². The summed E-state index contributed by atoms with van der Waals surface area (Å²) in [5.41, 5.74) is 0. The number of hydrogen-bond donors (Lipinski definition) is 0. The largest absolute Gasteiger partial charge is 0.381 e. The summed E-state index contributed by atoms with van der Waals surface area (Å²) < 4.78 is 5.80. The summed E-state index contributed by atoms with van der Waals surface area (Å²) in [5, 5.41) is 0. The van der Waals surface area contributed by atoms with Crippen molar-refractivity contribution in [1.82, 2.24) is 0 Å².